The topological polar surface area (TPSA) is 111 Å². The smallest absolute Gasteiger partial charge is 0.519 e. The molecule has 12 nitrogen and oxygen atoms in total. The van der Waals surface area contributed by atoms with Crippen LogP contribution in [0, 0.1) is 0 Å². The second-order valence-electron chi connectivity index (χ2n) is 21.8. The molecule has 0 aromatic heterocycles. The van der Waals surface area contributed by atoms with Gasteiger partial charge in [-0.05, 0) is 137 Å². The fourth-order valence-corrected chi connectivity index (χ4v) is 12.9. The zero-order valence-corrected chi connectivity index (χ0v) is 44.1. The lowest BCUT2D eigenvalue weighted by molar-refractivity contribution is 0.504. The molecule has 390 valence electrons. The minimum atomic E-state index is -1.25. The van der Waals surface area contributed by atoms with Gasteiger partial charge in [0.25, 0.3) is 0 Å². The van der Waals surface area contributed by atoms with Gasteiger partial charge in [-0.1, -0.05) is 146 Å². The van der Waals surface area contributed by atoms with Crippen molar-refractivity contribution in [3.05, 3.63) is 218 Å². The van der Waals surface area contributed by atoms with Crippen molar-refractivity contribution < 1.29 is 55.9 Å². The normalized spacial score (nSPS) is 14.7. The van der Waals surface area contributed by atoms with Crippen molar-refractivity contribution in [2.45, 2.75) is 0 Å². The van der Waals surface area contributed by atoms with E-state index in [2.05, 4.69) is 0 Å². The van der Waals surface area contributed by atoms with Crippen molar-refractivity contribution in [3.63, 3.8) is 0 Å². The van der Waals surface area contributed by atoms with Crippen LogP contribution in [-0.4, -0.2) is 42.7 Å². The zero-order chi connectivity index (χ0) is 54.7. The molecule has 84 heavy (non-hydrogen) atoms. The monoisotopic (exact) mass is 1090 g/mol. The number of hydrogen-bond acceptors (Lipinski definition) is 12. The van der Waals surface area contributed by atoms with Gasteiger partial charge in [0.2, 0.25) is 0 Å². The van der Waals surface area contributed by atoms with Crippen molar-refractivity contribution >= 4 is 140 Å². The molecule has 0 amide bonds. The molecule has 18 heteroatoms. The Morgan fingerprint density at radius 2 is 0.238 bits per heavy atom. The highest BCUT2D eigenvalue weighted by Crippen LogP contribution is 2.44. The van der Waals surface area contributed by atoms with Gasteiger partial charge in [-0.25, -0.2) is 0 Å². The number of benzene rings is 13. The standard InChI is InChI=1S/C66H36B6O12/c1-2-14-38-26-50-49(25-37(38)13-1)73-67(74-50)61-62(68-75-51-27-39-15-3-4-16-40(39)28-52(51)76-68)64(70-79-55-31-43-19-7-8-20-44(43)32-56(55)80-70)66(72-83-59-35-47-23-11-12-24-48(47)36-60(59)84-72)65(71-81-57-33-45-21-9-10-22-46(45)34-58(57)82-71)63(61)69-77-53-29-41-17-5-6-18-42(41)30-54(53)78-69/h1-36H. The molecule has 0 N–H and O–H groups in total. The molecule has 6 heterocycles. The molecule has 0 saturated heterocycles. The van der Waals surface area contributed by atoms with Gasteiger partial charge in [-0.3, -0.25) is 0 Å². The summed E-state index contributed by atoms with van der Waals surface area (Å²) < 4.78 is 86.8. The first kappa shape index (κ1) is 46.1. The molecular weight excluding hydrogens is 1050 g/mol. The van der Waals surface area contributed by atoms with Crippen molar-refractivity contribution in [2.24, 2.45) is 0 Å². The Balaban J connectivity index is 0.924. The second-order valence-corrected chi connectivity index (χ2v) is 21.8. The van der Waals surface area contributed by atoms with E-state index in [0.29, 0.717) is 102 Å². The van der Waals surface area contributed by atoms with Gasteiger partial charge in [0.05, 0.1) is 0 Å². The Morgan fingerprint density at radius 1 is 0.143 bits per heavy atom. The predicted molar refractivity (Wildman–Crippen MR) is 330 cm³/mol. The van der Waals surface area contributed by atoms with E-state index in [0.717, 1.165) is 64.6 Å². The summed E-state index contributed by atoms with van der Waals surface area (Å²) in [5.74, 6) is 6.15. The summed E-state index contributed by atoms with van der Waals surface area (Å²) in [7, 11) is -7.48. The SMILES string of the molecule is c1ccc2cc3c(cc2c1)OB(c1c(B2Oc4cc5ccccc5cc4O2)c(B2Oc4cc5ccccc5cc4O2)c(B2Oc4cc5ccccc5cc4O2)c(B2Oc4cc5ccccc5cc4O2)c1B1Oc2cc4ccccc4cc2O1)O3. The first-order valence-corrected chi connectivity index (χ1v) is 27.9. The van der Waals surface area contributed by atoms with Crippen LogP contribution < -0.4 is 88.6 Å². The highest BCUT2D eigenvalue weighted by atomic mass is 16.7. The lowest BCUT2D eigenvalue weighted by Crippen LogP contribution is -2.83. The van der Waals surface area contributed by atoms with Gasteiger partial charge in [0, 0.05) is 32.8 Å². The molecular formula is C66H36B6O12. The van der Waals surface area contributed by atoms with Crippen LogP contribution in [0.5, 0.6) is 69.0 Å². The Hall–Kier alpha value is -10.6. The molecule has 0 unspecified atom stereocenters. The van der Waals surface area contributed by atoms with E-state index < -0.39 is 42.7 Å². The van der Waals surface area contributed by atoms with E-state index in [-0.39, 0.29) is 0 Å². The van der Waals surface area contributed by atoms with Crippen LogP contribution in [0.2, 0.25) is 0 Å². The second kappa shape index (κ2) is 17.5. The van der Waals surface area contributed by atoms with Gasteiger partial charge in [-0.2, -0.15) is 0 Å². The van der Waals surface area contributed by atoms with Crippen LogP contribution in [0.3, 0.4) is 0 Å². The van der Waals surface area contributed by atoms with Crippen LogP contribution in [0.15, 0.2) is 218 Å². The summed E-state index contributed by atoms with van der Waals surface area (Å²) in [6, 6.07) is 72.5. The summed E-state index contributed by atoms with van der Waals surface area (Å²) >= 11 is 0. The Labute approximate surface area is 481 Å². The quantitative estimate of drug-likeness (QED) is 0.148. The molecule has 0 radical (unpaired) electrons. The largest absolute Gasteiger partial charge is 0.632 e. The average molecular weight is 1090 g/mol. The summed E-state index contributed by atoms with van der Waals surface area (Å²) in [5.41, 5.74) is 2.48. The van der Waals surface area contributed by atoms with E-state index >= 15 is 0 Å². The summed E-state index contributed by atoms with van der Waals surface area (Å²) in [6.07, 6.45) is 0. The van der Waals surface area contributed by atoms with E-state index in [1.54, 1.807) is 0 Å². The molecule has 0 fully saturated rings. The van der Waals surface area contributed by atoms with Crippen molar-refractivity contribution in [2.75, 3.05) is 0 Å². The van der Waals surface area contributed by atoms with Gasteiger partial charge < -0.3 is 55.9 Å². The van der Waals surface area contributed by atoms with Crippen LogP contribution in [0.4, 0.5) is 0 Å². The van der Waals surface area contributed by atoms with Gasteiger partial charge >= 0.3 is 42.7 Å². The van der Waals surface area contributed by atoms with Crippen LogP contribution in [0.25, 0.3) is 64.6 Å². The minimum absolute atomic E-state index is 0.414. The fraction of sp³-hybridized carbons (Fsp3) is 0. The molecule has 6 aliphatic rings. The fourth-order valence-electron chi connectivity index (χ4n) is 12.9. The first-order valence-electron chi connectivity index (χ1n) is 27.9. The maximum Gasteiger partial charge on any atom is 0.632 e. The lowest BCUT2D eigenvalue weighted by atomic mass is 9.43. The maximum absolute atomic E-state index is 7.24. The first-order chi connectivity index (χ1) is 41.5. The van der Waals surface area contributed by atoms with Gasteiger partial charge in [0.1, 0.15) is 69.0 Å². The number of rotatable bonds is 6. The molecule has 0 spiro atoms. The highest BCUT2D eigenvalue weighted by Gasteiger charge is 2.61. The molecule has 0 atom stereocenters. The van der Waals surface area contributed by atoms with E-state index in [9.17, 15) is 0 Å². The summed E-state index contributed by atoms with van der Waals surface area (Å²) in [6.45, 7) is 0. The molecule has 0 aliphatic carbocycles. The Morgan fingerprint density at radius 3 is 0.333 bits per heavy atom. The molecule has 0 saturated carbocycles. The van der Waals surface area contributed by atoms with Crippen molar-refractivity contribution in [3.8, 4) is 69.0 Å². The molecule has 6 aliphatic heterocycles. The van der Waals surface area contributed by atoms with Crippen molar-refractivity contribution in [1.82, 2.24) is 0 Å². The lowest BCUT2D eigenvalue weighted by Gasteiger charge is -2.28. The van der Waals surface area contributed by atoms with E-state index in [1.807, 2.05) is 218 Å². The van der Waals surface area contributed by atoms with E-state index in [4.69, 9.17) is 55.9 Å². The third kappa shape index (κ3) is 7.09. The van der Waals surface area contributed by atoms with Gasteiger partial charge in [-0.15, -0.1) is 0 Å². The number of fused-ring (bicyclic) bond motifs is 12. The van der Waals surface area contributed by atoms with Crippen LogP contribution in [0.1, 0.15) is 0 Å². The molecule has 13 aromatic carbocycles. The van der Waals surface area contributed by atoms with E-state index in [1.165, 1.54) is 0 Å². The highest BCUT2D eigenvalue weighted by molar-refractivity contribution is 6.95. The van der Waals surface area contributed by atoms with Crippen LogP contribution >= 0.6 is 0 Å². The summed E-state index contributed by atoms with van der Waals surface area (Å²) in [4.78, 5) is 0. The molecule has 0 bridgehead atoms. The average Bonchev–Trinajstić information content (AvgIpc) is 4.56. The van der Waals surface area contributed by atoms with Gasteiger partial charge in [0.15, 0.2) is 0 Å². The van der Waals surface area contributed by atoms with Crippen LogP contribution in [-0.2, 0) is 0 Å². The molecule has 19 rings (SSSR count). The van der Waals surface area contributed by atoms with Crippen molar-refractivity contribution in [1.29, 1.82) is 0 Å². The summed E-state index contributed by atoms with van der Waals surface area (Å²) in [5, 5.41) is 11.6. The minimum Gasteiger partial charge on any atom is -0.519 e. The Kier molecular flexibility index (Phi) is 9.58. The third-order valence-corrected chi connectivity index (χ3v) is 16.8. The number of hydrogen-bond donors (Lipinski definition) is 0. The Bertz CT molecular complexity index is 3950. The maximum atomic E-state index is 7.24. The predicted octanol–water partition coefficient (Wildman–Crippen LogP) is 9.61. The third-order valence-electron chi connectivity index (χ3n) is 16.8. The zero-order valence-electron chi connectivity index (χ0n) is 44.1. The molecule has 13 aromatic rings.